The average Bonchev–Trinajstić information content (AvgIpc) is 2.74. The number of cyclic esters (lactones) is 1. The molecule has 2 aliphatic rings. The van der Waals surface area contributed by atoms with E-state index < -0.39 is 0 Å². The molecule has 1 saturated heterocycles. The van der Waals surface area contributed by atoms with Crippen LogP contribution in [0.15, 0.2) is 30.3 Å². The van der Waals surface area contributed by atoms with Crippen LogP contribution in [-0.2, 0) is 9.53 Å². The van der Waals surface area contributed by atoms with Gasteiger partial charge in [-0.05, 0) is 0 Å². The molecule has 0 amide bonds. The number of hydrogen-bond donors (Lipinski definition) is 0. The molecular weight excluding hydrogens is 279 g/mol. The molecule has 0 aromatic heterocycles. The number of esters is 1. The van der Waals surface area contributed by atoms with Crippen molar-refractivity contribution in [2.24, 2.45) is 11.8 Å². The van der Waals surface area contributed by atoms with E-state index in [9.17, 15) is 4.79 Å². The second kappa shape index (κ2) is 4.83. The van der Waals surface area contributed by atoms with Crippen molar-refractivity contribution in [3.05, 3.63) is 30.3 Å². The maximum absolute atomic E-state index is 11.8. The molecule has 0 radical (unpaired) electrons. The van der Waals surface area contributed by atoms with Crippen LogP contribution in [0.5, 0.6) is 0 Å². The summed E-state index contributed by atoms with van der Waals surface area (Å²) in [6.45, 7) is 0.671. The van der Waals surface area contributed by atoms with Gasteiger partial charge in [0.15, 0.2) is 0 Å². The first-order valence-corrected chi connectivity index (χ1v) is 8.07. The molecule has 0 spiro atoms. The SMILES string of the molecule is O=C1OCC2CCC[C@H]([Se]c3ccccc3)C12. The van der Waals surface area contributed by atoms with Crippen LogP contribution < -0.4 is 4.46 Å². The van der Waals surface area contributed by atoms with E-state index in [0.717, 1.165) is 0 Å². The molecule has 2 unspecified atom stereocenters. The van der Waals surface area contributed by atoms with Crippen molar-refractivity contribution in [2.75, 3.05) is 6.61 Å². The summed E-state index contributed by atoms with van der Waals surface area (Å²) in [5.74, 6) is 0.772. The molecule has 1 aromatic carbocycles. The number of ether oxygens (including phenoxy) is 1. The first kappa shape index (κ1) is 11.3. The van der Waals surface area contributed by atoms with Crippen molar-refractivity contribution >= 4 is 25.4 Å². The van der Waals surface area contributed by atoms with Gasteiger partial charge in [0.1, 0.15) is 0 Å². The van der Waals surface area contributed by atoms with Gasteiger partial charge in [-0.2, -0.15) is 0 Å². The van der Waals surface area contributed by atoms with Crippen molar-refractivity contribution in [1.82, 2.24) is 0 Å². The zero-order valence-electron chi connectivity index (χ0n) is 9.67. The van der Waals surface area contributed by atoms with Crippen LogP contribution in [0.1, 0.15) is 19.3 Å². The molecule has 17 heavy (non-hydrogen) atoms. The normalized spacial score (nSPS) is 32.0. The van der Waals surface area contributed by atoms with E-state index in [1.54, 1.807) is 0 Å². The topological polar surface area (TPSA) is 26.3 Å². The Morgan fingerprint density at radius 2 is 2.00 bits per heavy atom. The van der Waals surface area contributed by atoms with E-state index in [1.807, 2.05) is 6.07 Å². The molecule has 2 nitrogen and oxygen atoms in total. The summed E-state index contributed by atoms with van der Waals surface area (Å²) in [4.78, 5) is 12.4. The summed E-state index contributed by atoms with van der Waals surface area (Å²) in [6, 6.07) is 10.6. The van der Waals surface area contributed by atoms with Gasteiger partial charge >= 0.3 is 108 Å². The van der Waals surface area contributed by atoms with Gasteiger partial charge in [0, 0.05) is 0 Å². The average molecular weight is 295 g/mol. The van der Waals surface area contributed by atoms with E-state index in [4.69, 9.17) is 4.74 Å². The summed E-state index contributed by atoms with van der Waals surface area (Å²) in [5, 5.41) is 0. The summed E-state index contributed by atoms with van der Waals surface area (Å²) in [7, 11) is 0. The van der Waals surface area contributed by atoms with E-state index in [2.05, 4.69) is 24.3 Å². The fourth-order valence-corrected chi connectivity index (χ4v) is 5.86. The Morgan fingerprint density at radius 1 is 1.18 bits per heavy atom. The van der Waals surface area contributed by atoms with Gasteiger partial charge in [0.25, 0.3) is 0 Å². The van der Waals surface area contributed by atoms with Gasteiger partial charge in [-0.1, -0.05) is 0 Å². The third-order valence-electron chi connectivity index (χ3n) is 3.71. The molecule has 3 heteroatoms. The maximum atomic E-state index is 11.8. The van der Waals surface area contributed by atoms with Gasteiger partial charge in [-0.25, -0.2) is 0 Å². The zero-order valence-corrected chi connectivity index (χ0v) is 11.4. The third-order valence-corrected chi connectivity index (χ3v) is 6.60. The summed E-state index contributed by atoms with van der Waals surface area (Å²) >= 11 is 0.411. The monoisotopic (exact) mass is 296 g/mol. The second-order valence-corrected chi connectivity index (χ2v) is 7.57. The van der Waals surface area contributed by atoms with Crippen molar-refractivity contribution in [1.29, 1.82) is 0 Å². The van der Waals surface area contributed by atoms with E-state index in [0.29, 0.717) is 32.3 Å². The quantitative estimate of drug-likeness (QED) is 0.614. The number of fused-ring (bicyclic) bond motifs is 1. The molecule has 1 aromatic rings. The summed E-state index contributed by atoms with van der Waals surface area (Å²) < 4.78 is 6.65. The zero-order chi connectivity index (χ0) is 11.7. The number of carbonyl (C=O) groups excluding carboxylic acids is 1. The van der Waals surface area contributed by atoms with Crippen LogP contribution in [0.4, 0.5) is 0 Å². The van der Waals surface area contributed by atoms with Crippen LogP contribution in [0.2, 0.25) is 4.82 Å². The Morgan fingerprint density at radius 3 is 2.82 bits per heavy atom. The second-order valence-electron chi connectivity index (χ2n) is 4.82. The minimum atomic E-state index is 0.0671. The molecule has 3 atom stereocenters. The Hall–Kier alpha value is -0.791. The van der Waals surface area contributed by atoms with Gasteiger partial charge in [-0.15, -0.1) is 0 Å². The van der Waals surface area contributed by atoms with Crippen LogP contribution in [0.3, 0.4) is 0 Å². The molecule has 2 fully saturated rings. The Bertz CT molecular complexity index is 404. The number of hydrogen-bond acceptors (Lipinski definition) is 2. The molecular formula is C14H16O2Se. The Balaban J connectivity index is 1.76. The molecule has 1 aliphatic carbocycles. The molecule has 3 rings (SSSR count). The van der Waals surface area contributed by atoms with Crippen molar-refractivity contribution in [3.8, 4) is 0 Å². The minimum absolute atomic E-state index is 0.0671. The van der Waals surface area contributed by atoms with Crippen LogP contribution in [0, 0.1) is 11.8 Å². The molecule has 1 heterocycles. The molecule has 0 bridgehead atoms. The van der Waals surface area contributed by atoms with Crippen molar-refractivity contribution in [2.45, 2.75) is 24.1 Å². The first-order valence-electron chi connectivity index (χ1n) is 6.23. The van der Waals surface area contributed by atoms with E-state index >= 15 is 0 Å². The molecule has 0 N–H and O–H groups in total. The van der Waals surface area contributed by atoms with Crippen molar-refractivity contribution in [3.63, 3.8) is 0 Å². The van der Waals surface area contributed by atoms with E-state index in [-0.39, 0.29) is 11.9 Å². The predicted octanol–water partition coefficient (Wildman–Crippen LogP) is 1.78. The van der Waals surface area contributed by atoms with Crippen LogP contribution >= 0.6 is 0 Å². The fraction of sp³-hybridized carbons (Fsp3) is 0.500. The predicted molar refractivity (Wildman–Crippen MR) is 67.4 cm³/mol. The first-order chi connectivity index (χ1) is 8.34. The third kappa shape index (κ3) is 2.27. The fourth-order valence-electron chi connectivity index (χ4n) is 2.87. The number of benzene rings is 1. The summed E-state index contributed by atoms with van der Waals surface area (Å²) in [6.07, 6.45) is 3.64. The summed E-state index contributed by atoms with van der Waals surface area (Å²) in [5.41, 5.74) is 0. The van der Waals surface area contributed by atoms with Crippen molar-refractivity contribution < 1.29 is 9.53 Å². The molecule has 1 saturated carbocycles. The van der Waals surface area contributed by atoms with Gasteiger partial charge in [-0.3, -0.25) is 0 Å². The molecule has 1 aliphatic heterocycles. The Kier molecular flexibility index (Phi) is 3.21. The number of rotatable bonds is 2. The standard InChI is InChI=1S/C14H16O2Se/c15-14-13-10(9-16-14)5-4-8-12(13)17-11-6-2-1-3-7-11/h1-3,6-7,10,12-13H,4-5,8-9H2/t10?,12-,13?/m0/s1. The van der Waals surface area contributed by atoms with Crippen LogP contribution in [-0.4, -0.2) is 27.5 Å². The van der Waals surface area contributed by atoms with E-state index in [1.165, 1.54) is 23.7 Å². The Labute approximate surface area is 108 Å². The number of carbonyl (C=O) groups is 1. The van der Waals surface area contributed by atoms with Gasteiger partial charge < -0.3 is 0 Å². The van der Waals surface area contributed by atoms with Crippen LogP contribution in [0.25, 0.3) is 0 Å². The van der Waals surface area contributed by atoms with Gasteiger partial charge in [0.05, 0.1) is 0 Å². The molecule has 90 valence electrons. The van der Waals surface area contributed by atoms with Gasteiger partial charge in [0.2, 0.25) is 0 Å².